The average Bonchev–Trinajstić information content (AvgIpc) is 3.12. The van der Waals surface area contributed by atoms with Crippen molar-refractivity contribution in [1.29, 1.82) is 0 Å². The first-order valence-electron chi connectivity index (χ1n) is 8.64. The summed E-state index contributed by atoms with van der Waals surface area (Å²) in [4.78, 5) is 16.2. The van der Waals surface area contributed by atoms with Crippen LogP contribution >= 0.6 is 0 Å². The van der Waals surface area contributed by atoms with Gasteiger partial charge in [-0.2, -0.15) is 0 Å². The third-order valence-corrected chi connectivity index (χ3v) is 5.35. The molecule has 0 spiro atoms. The predicted octanol–water partition coefficient (Wildman–Crippen LogP) is 1.23. The Bertz CT molecular complexity index is 565. The van der Waals surface area contributed by atoms with E-state index < -0.39 is 0 Å². The van der Waals surface area contributed by atoms with Crippen molar-refractivity contribution in [3.05, 3.63) is 11.6 Å². The summed E-state index contributed by atoms with van der Waals surface area (Å²) in [5.74, 6) is 3.27. The summed E-state index contributed by atoms with van der Waals surface area (Å²) < 4.78 is 2.29. The summed E-state index contributed by atoms with van der Waals surface area (Å²) in [6, 6.07) is 0.436. The Hall–Kier alpha value is -1.43. The highest BCUT2D eigenvalue weighted by Gasteiger charge is 2.35. The molecule has 3 heterocycles. The first kappa shape index (κ1) is 14.2. The lowest BCUT2D eigenvalue weighted by atomic mass is 10.2. The number of aromatic nitrogens is 3. The molecular weight excluding hydrogens is 278 g/mol. The van der Waals surface area contributed by atoms with Gasteiger partial charge in [0.2, 0.25) is 5.91 Å². The molecule has 1 aromatic rings. The molecule has 1 atom stereocenters. The van der Waals surface area contributed by atoms with Crippen LogP contribution in [-0.4, -0.2) is 56.7 Å². The van der Waals surface area contributed by atoms with Crippen LogP contribution in [0.2, 0.25) is 0 Å². The van der Waals surface area contributed by atoms with Gasteiger partial charge in [0, 0.05) is 39.5 Å². The Morgan fingerprint density at radius 3 is 2.77 bits per heavy atom. The fourth-order valence-electron chi connectivity index (χ4n) is 3.88. The maximum atomic E-state index is 11.6. The Balaban J connectivity index is 1.54. The van der Waals surface area contributed by atoms with Gasteiger partial charge in [-0.05, 0) is 38.1 Å². The molecular formula is C16H25N5O. The number of likely N-dealkylation sites (tertiary alicyclic amines) is 1. The maximum absolute atomic E-state index is 11.6. The highest BCUT2D eigenvalue weighted by atomic mass is 16.2. The van der Waals surface area contributed by atoms with Crippen molar-refractivity contribution in [2.45, 2.75) is 51.6 Å². The van der Waals surface area contributed by atoms with E-state index in [1.54, 1.807) is 6.92 Å². The fraction of sp³-hybridized carbons (Fsp3) is 0.812. The number of carbonyl (C=O) groups is 1. The zero-order valence-corrected chi connectivity index (χ0v) is 13.4. The molecule has 0 bridgehead atoms. The van der Waals surface area contributed by atoms with Crippen molar-refractivity contribution >= 4 is 5.91 Å². The number of carbonyl (C=O) groups excluding carboxylic acids is 1. The number of hydrogen-bond donors (Lipinski definition) is 0. The lowest BCUT2D eigenvalue weighted by Gasteiger charge is -2.24. The molecule has 120 valence electrons. The summed E-state index contributed by atoms with van der Waals surface area (Å²) in [7, 11) is 0. The van der Waals surface area contributed by atoms with Gasteiger partial charge >= 0.3 is 0 Å². The van der Waals surface area contributed by atoms with Crippen molar-refractivity contribution in [1.82, 2.24) is 24.6 Å². The van der Waals surface area contributed by atoms with Crippen molar-refractivity contribution in [2.75, 3.05) is 26.2 Å². The van der Waals surface area contributed by atoms with Crippen LogP contribution in [0.25, 0.3) is 0 Å². The first-order valence-corrected chi connectivity index (χ1v) is 8.64. The molecule has 1 saturated heterocycles. The van der Waals surface area contributed by atoms with E-state index in [-0.39, 0.29) is 5.91 Å². The van der Waals surface area contributed by atoms with Gasteiger partial charge in [-0.3, -0.25) is 9.69 Å². The van der Waals surface area contributed by atoms with Gasteiger partial charge < -0.3 is 9.47 Å². The van der Waals surface area contributed by atoms with Gasteiger partial charge in [0.1, 0.15) is 11.6 Å². The minimum Gasteiger partial charge on any atom is -0.341 e. The summed E-state index contributed by atoms with van der Waals surface area (Å²) in [5, 5.41) is 8.97. The summed E-state index contributed by atoms with van der Waals surface area (Å²) in [6.07, 6.45) is 6.08. The number of hydrogen-bond acceptors (Lipinski definition) is 4. The molecule has 1 aromatic heterocycles. The number of amides is 1. The molecule has 0 aromatic carbocycles. The lowest BCUT2D eigenvalue weighted by Crippen LogP contribution is -2.32. The summed E-state index contributed by atoms with van der Waals surface area (Å²) in [6.45, 7) is 6.47. The molecule has 3 aliphatic rings. The normalized spacial score (nSPS) is 26.0. The largest absolute Gasteiger partial charge is 0.341 e. The molecule has 0 unspecified atom stereocenters. The van der Waals surface area contributed by atoms with Gasteiger partial charge in [-0.1, -0.05) is 0 Å². The van der Waals surface area contributed by atoms with Gasteiger partial charge in [-0.25, -0.2) is 0 Å². The van der Waals surface area contributed by atoms with Crippen LogP contribution in [0.1, 0.15) is 50.3 Å². The number of rotatable bonds is 3. The number of nitrogens with zero attached hydrogens (tertiary/aromatic N) is 5. The molecule has 0 N–H and O–H groups in total. The Labute approximate surface area is 131 Å². The highest BCUT2D eigenvalue weighted by Crippen LogP contribution is 2.37. The molecule has 1 amide bonds. The Morgan fingerprint density at radius 1 is 1.14 bits per heavy atom. The van der Waals surface area contributed by atoms with Crippen molar-refractivity contribution in [3.63, 3.8) is 0 Å². The van der Waals surface area contributed by atoms with E-state index in [1.807, 2.05) is 4.90 Å². The second-order valence-electron chi connectivity index (χ2n) is 6.98. The first-order chi connectivity index (χ1) is 10.7. The minimum absolute atomic E-state index is 0.163. The maximum Gasteiger partial charge on any atom is 0.219 e. The van der Waals surface area contributed by atoms with Gasteiger partial charge in [0.05, 0.1) is 6.04 Å². The zero-order valence-electron chi connectivity index (χ0n) is 13.4. The standard InChI is InChI=1S/C16H25N5O/c1-12(22)19-8-6-15-17-18-16(21(15)10-9-19)14-3-2-7-20(14)11-13-4-5-13/h13-14H,2-11H2,1H3/t14-/m1/s1. The molecule has 22 heavy (non-hydrogen) atoms. The SMILES string of the molecule is CC(=O)N1CCc2nnc([C@H]3CCCN3CC3CC3)n2CC1. The van der Waals surface area contributed by atoms with E-state index in [4.69, 9.17) is 0 Å². The average molecular weight is 303 g/mol. The molecule has 0 radical (unpaired) electrons. The molecule has 1 aliphatic carbocycles. The van der Waals surface area contributed by atoms with Crippen molar-refractivity contribution < 1.29 is 4.79 Å². The van der Waals surface area contributed by atoms with Crippen LogP contribution in [0.3, 0.4) is 0 Å². The lowest BCUT2D eigenvalue weighted by molar-refractivity contribution is -0.128. The van der Waals surface area contributed by atoms with Crippen LogP contribution < -0.4 is 0 Å². The monoisotopic (exact) mass is 303 g/mol. The smallest absolute Gasteiger partial charge is 0.219 e. The third kappa shape index (κ3) is 2.64. The van der Waals surface area contributed by atoms with Gasteiger partial charge in [-0.15, -0.1) is 10.2 Å². The van der Waals surface area contributed by atoms with Crippen molar-refractivity contribution in [3.8, 4) is 0 Å². The fourth-order valence-corrected chi connectivity index (χ4v) is 3.88. The zero-order chi connectivity index (χ0) is 15.1. The van der Waals surface area contributed by atoms with Gasteiger partial charge in [0.25, 0.3) is 0 Å². The molecule has 1 saturated carbocycles. The van der Waals surface area contributed by atoms with E-state index in [2.05, 4.69) is 19.7 Å². The minimum atomic E-state index is 0.163. The predicted molar refractivity (Wildman–Crippen MR) is 82.3 cm³/mol. The second-order valence-corrected chi connectivity index (χ2v) is 6.98. The van der Waals surface area contributed by atoms with E-state index in [9.17, 15) is 4.79 Å². The Morgan fingerprint density at radius 2 is 2.00 bits per heavy atom. The van der Waals surface area contributed by atoms with Gasteiger partial charge in [0.15, 0.2) is 0 Å². The molecule has 6 nitrogen and oxygen atoms in total. The second kappa shape index (κ2) is 5.65. The molecule has 6 heteroatoms. The quantitative estimate of drug-likeness (QED) is 0.843. The van der Waals surface area contributed by atoms with E-state index in [1.165, 1.54) is 38.8 Å². The molecule has 2 aliphatic heterocycles. The molecule has 4 rings (SSSR count). The van der Waals surface area contributed by atoms with E-state index in [0.29, 0.717) is 6.04 Å². The highest BCUT2D eigenvalue weighted by molar-refractivity contribution is 5.73. The Kier molecular flexibility index (Phi) is 3.64. The van der Waals surface area contributed by atoms with E-state index >= 15 is 0 Å². The van der Waals surface area contributed by atoms with E-state index in [0.717, 1.165) is 43.6 Å². The van der Waals surface area contributed by atoms with Crippen LogP contribution in [0.4, 0.5) is 0 Å². The third-order valence-electron chi connectivity index (χ3n) is 5.35. The summed E-state index contributed by atoms with van der Waals surface area (Å²) >= 11 is 0. The summed E-state index contributed by atoms with van der Waals surface area (Å²) in [5.41, 5.74) is 0. The molecule has 2 fully saturated rings. The van der Waals surface area contributed by atoms with Crippen LogP contribution in [-0.2, 0) is 17.8 Å². The van der Waals surface area contributed by atoms with Crippen LogP contribution in [0.5, 0.6) is 0 Å². The topological polar surface area (TPSA) is 54.3 Å². The van der Waals surface area contributed by atoms with Crippen LogP contribution in [0, 0.1) is 5.92 Å². The number of fused-ring (bicyclic) bond motifs is 1. The van der Waals surface area contributed by atoms with Crippen LogP contribution in [0.15, 0.2) is 0 Å². The van der Waals surface area contributed by atoms with Crippen molar-refractivity contribution in [2.24, 2.45) is 5.92 Å².